The van der Waals surface area contributed by atoms with E-state index in [0.29, 0.717) is 0 Å². The van der Waals surface area contributed by atoms with Gasteiger partial charge in [0.1, 0.15) is 0 Å². The maximum atomic E-state index is 10.5. The smallest absolute Gasteiger partial charge is 0.294 e. The lowest BCUT2D eigenvalue weighted by Gasteiger charge is -2.21. The lowest BCUT2D eigenvalue weighted by atomic mass is 10.2. The van der Waals surface area contributed by atoms with Gasteiger partial charge in [-0.25, -0.2) is 0 Å². The normalized spacial score (nSPS) is 16.8. The van der Waals surface area contributed by atoms with Crippen molar-refractivity contribution in [2.75, 3.05) is 33.4 Å². The lowest BCUT2D eigenvalue weighted by molar-refractivity contribution is 0.0503. The van der Waals surface area contributed by atoms with E-state index in [-0.39, 0.29) is 4.90 Å². The number of rotatable bonds is 1. The van der Waals surface area contributed by atoms with Crippen LogP contribution in [0.4, 0.5) is 0 Å². The predicted octanol–water partition coefficient (Wildman–Crippen LogP) is 1.19. The summed E-state index contributed by atoms with van der Waals surface area (Å²) in [5.74, 6) is 0. The zero-order chi connectivity index (χ0) is 13.6. The SMILES string of the molecule is CN1CCOCC1.Cc1ccc(S(=O)(=O)O)cc1. The van der Waals surface area contributed by atoms with Crippen LogP contribution in [0, 0.1) is 6.92 Å². The molecule has 1 heterocycles. The monoisotopic (exact) mass is 273 g/mol. The van der Waals surface area contributed by atoms with Crippen LogP contribution in [0.15, 0.2) is 29.2 Å². The Morgan fingerprint density at radius 1 is 1.17 bits per heavy atom. The summed E-state index contributed by atoms with van der Waals surface area (Å²) < 4.78 is 34.6. The van der Waals surface area contributed by atoms with Gasteiger partial charge < -0.3 is 9.64 Å². The topological polar surface area (TPSA) is 66.8 Å². The third-order valence-corrected chi connectivity index (χ3v) is 3.42. The van der Waals surface area contributed by atoms with Gasteiger partial charge in [0.05, 0.1) is 18.1 Å². The zero-order valence-corrected chi connectivity index (χ0v) is 11.5. The standard InChI is InChI=1S/C7H8O3S.C5H11NO/c1-6-2-4-7(5-3-6)11(8,9)10;1-6-2-4-7-5-3-6/h2-5H,1H3,(H,8,9,10);2-5H2,1H3. The molecule has 18 heavy (non-hydrogen) atoms. The van der Waals surface area contributed by atoms with Crippen molar-refractivity contribution >= 4 is 10.1 Å². The molecule has 0 spiro atoms. The van der Waals surface area contributed by atoms with Crippen LogP contribution in [0.2, 0.25) is 0 Å². The second-order valence-corrected chi connectivity index (χ2v) is 5.63. The van der Waals surface area contributed by atoms with Crippen molar-refractivity contribution in [3.63, 3.8) is 0 Å². The zero-order valence-electron chi connectivity index (χ0n) is 10.7. The summed E-state index contributed by atoms with van der Waals surface area (Å²) in [6.45, 7) is 5.86. The quantitative estimate of drug-likeness (QED) is 0.779. The van der Waals surface area contributed by atoms with Crippen LogP contribution in [0.3, 0.4) is 0 Å². The summed E-state index contributed by atoms with van der Waals surface area (Å²) in [5, 5.41) is 0. The Bertz CT molecular complexity index is 449. The van der Waals surface area contributed by atoms with Gasteiger partial charge in [-0.3, -0.25) is 4.55 Å². The molecular formula is C12H19NO4S. The van der Waals surface area contributed by atoms with E-state index in [1.54, 1.807) is 12.1 Å². The van der Waals surface area contributed by atoms with Crippen molar-refractivity contribution < 1.29 is 17.7 Å². The molecule has 1 N–H and O–H groups in total. The molecule has 6 heteroatoms. The molecule has 1 fully saturated rings. The van der Waals surface area contributed by atoms with Crippen molar-refractivity contribution in [2.45, 2.75) is 11.8 Å². The van der Waals surface area contributed by atoms with E-state index in [0.717, 1.165) is 31.9 Å². The molecule has 1 aliphatic rings. The van der Waals surface area contributed by atoms with Crippen LogP contribution < -0.4 is 0 Å². The highest BCUT2D eigenvalue weighted by atomic mass is 32.2. The van der Waals surface area contributed by atoms with Crippen molar-refractivity contribution in [1.29, 1.82) is 0 Å². The van der Waals surface area contributed by atoms with E-state index in [2.05, 4.69) is 11.9 Å². The minimum Gasteiger partial charge on any atom is -0.379 e. The van der Waals surface area contributed by atoms with E-state index >= 15 is 0 Å². The van der Waals surface area contributed by atoms with Gasteiger partial charge >= 0.3 is 0 Å². The van der Waals surface area contributed by atoms with Crippen molar-refractivity contribution in [1.82, 2.24) is 4.90 Å². The number of benzene rings is 1. The van der Waals surface area contributed by atoms with Crippen LogP contribution in [0.25, 0.3) is 0 Å². The summed E-state index contributed by atoms with van der Waals surface area (Å²) in [6.07, 6.45) is 0. The molecule has 102 valence electrons. The number of likely N-dealkylation sites (N-methyl/N-ethyl adjacent to an activating group) is 1. The van der Waals surface area contributed by atoms with E-state index < -0.39 is 10.1 Å². The fourth-order valence-corrected chi connectivity index (χ4v) is 1.84. The summed E-state index contributed by atoms with van der Waals surface area (Å²) in [4.78, 5) is 2.20. The third-order valence-electron chi connectivity index (χ3n) is 2.55. The Morgan fingerprint density at radius 2 is 1.67 bits per heavy atom. The van der Waals surface area contributed by atoms with Gasteiger partial charge in [-0.2, -0.15) is 8.42 Å². The van der Waals surface area contributed by atoms with Gasteiger partial charge in [0, 0.05) is 13.1 Å². The molecule has 1 aromatic carbocycles. The Labute approximate surface area is 108 Å². The lowest BCUT2D eigenvalue weighted by Crippen LogP contribution is -2.32. The minimum atomic E-state index is -4.02. The van der Waals surface area contributed by atoms with Gasteiger partial charge in [-0.15, -0.1) is 0 Å². The molecule has 0 unspecified atom stereocenters. The average molecular weight is 273 g/mol. The number of aryl methyl sites for hydroxylation is 1. The molecule has 0 saturated carbocycles. The maximum absolute atomic E-state index is 10.5. The summed E-state index contributed by atoms with van der Waals surface area (Å²) >= 11 is 0. The molecule has 1 aromatic rings. The average Bonchev–Trinajstić information content (AvgIpc) is 2.30. The summed E-state index contributed by atoms with van der Waals surface area (Å²) in [5.41, 5.74) is 0.956. The summed E-state index contributed by atoms with van der Waals surface area (Å²) in [6, 6.07) is 5.99. The number of hydrogen-bond acceptors (Lipinski definition) is 4. The first-order valence-electron chi connectivity index (χ1n) is 5.70. The number of morpholine rings is 1. The molecule has 0 aromatic heterocycles. The van der Waals surface area contributed by atoms with E-state index in [4.69, 9.17) is 9.29 Å². The molecule has 5 nitrogen and oxygen atoms in total. The highest BCUT2D eigenvalue weighted by Gasteiger charge is 2.06. The van der Waals surface area contributed by atoms with Gasteiger partial charge in [0.25, 0.3) is 10.1 Å². The Kier molecular flexibility index (Phi) is 5.74. The first-order chi connectivity index (χ1) is 8.39. The molecule has 0 amide bonds. The van der Waals surface area contributed by atoms with Gasteiger partial charge in [-0.1, -0.05) is 17.7 Å². The first-order valence-corrected chi connectivity index (χ1v) is 7.14. The number of ether oxygens (including phenoxy) is 1. The second kappa shape index (κ2) is 6.84. The Hall–Kier alpha value is -0.950. The summed E-state index contributed by atoms with van der Waals surface area (Å²) in [7, 11) is -1.91. The molecular weight excluding hydrogens is 254 g/mol. The van der Waals surface area contributed by atoms with E-state index in [9.17, 15) is 8.42 Å². The van der Waals surface area contributed by atoms with Crippen molar-refractivity contribution in [2.24, 2.45) is 0 Å². The first kappa shape index (κ1) is 15.1. The van der Waals surface area contributed by atoms with E-state index in [1.807, 2.05) is 6.92 Å². The number of hydrogen-bond donors (Lipinski definition) is 1. The fraction of sp³-hybridized carbons (Fsp3) is 0.500. The van der Waals surface area contributed by atoms with Crippen molar-refractivity contribution in [3.05, 3.63) is 29.8 Å². The molecule has 2 rings (SSSR count). The number of nitrogens with zero attached hydrogens (tertiary/aromatic N) is 1. The third kappa shape index (κ3) is 5.59. The Morgan fingerprint density at radius 3 is 2.00 bits per heavy atom. The van der Waals surface area contributed by atoms with Crippen LogP contribution in [-0.4, -0.2) is 51.2 Å². The van der Waals surface area contributed by atoms with Gasteiger partial charge in [-0.05, 0) is 26.1 Å². The second-order valence-electron chi connectivity index (χ2n) is 4.20. The molecule has 0 bridgehead atoms. The highest BCUT2D eigenvalue weighted by molar-refractivity contribution is 7.85. The van der Waals surface area contributed by atoms with E-state index in [1.165, 1.54) is 12.1 Å². The highest BCUT2D eigenvalue weighted by Crippen LogP contribution is 2.08. The van der Waals surface area contributed by atoms with Crippen LogP contribution in [0.5, 0.6) is 0 Å². The molecule has 0 radical (unpaired) electrons. The maximum Gasteiger partial charge on any atom is 0.294 e. The van der Waals surface area contributed by atoms with Crippen LogP contribution in [-0.2, 0) is 14.9 Å². The molecule has 0 aliphatic carbocycles. The van der Waals surface area contributed by atoms with Crippen LogP contribution >= 0.6 is 0 Å². The molecule has 0 atom stereocenters. The van der Waals surface area contributed by atoms with Crippen LogP contribution in [0.1, 0.15) is 5.56 Å². The molecule has 1 aliphatic heterocycles. The fourth-order valence-electron chi connectivity index (χ4n) is 1.36. The Balaban J connectivity index is 0.000000199. The predicted molar refractivity (Wildman–Crippen MR) is 69.3 cm³/mol. The van der Waals surface area contributed by atoms with Gasteiger partial charge in [0.2, 0.25) is 0 Å². The van der Waals surface area contributed by atoms with Gasteiger partial charge in [0.15, 0.2) is 0 Å². The largest absolute Gasteiger partial charge is 0.379 e. The minimum absolute atomic E-state index is 0.0666. The van der Waals surface area contributed by atoms with Crippen molar-refractivity contribution in [3.8, 4) is 0 Å². The molecule has 1 saturated heterocycles.